The van der Waals surface area contributed by atoms with Gasteiger partial charge in [0.1, 0.15) is 11.6 Å². The molecule has 0 bridgehead atoms. The first-order valence-corrected chi connectivity index (χ1v) is 8.33. The number of hydrogen-bond donors (Lipinski definition) is 2. The highest BCUT2D eigenvalue weighted by atomic mass is 32.2. The van der Waals surface area contributed by atoms with Crippen LogP contribution in [0.2, 0.25) is 0 Å². The molecule has 0 atom stereocenters. The van der Waals surface area contributed by atoms with Gasteiger partial charge in [-0.2, -0.15) is 11.8 Å². The first-order valence-electron chi connectivity index (χ1n) is 6.77. The molecule has 0 aliphatic rings. The van der Waals surface area contributed by atoms with E-state index in [1.54, 1.807) is 36.0 Å². The molecule has 0 aromatic heterocycles. The summed E-state index contributed by atoms with van der Waals surface area (Å²) in [6.07, 6.45) is 0. The lowest BCUT2D eigenvalue weighted by molar-refractivity contribution is 0.617. The highest BCUT2D eigenvalue weighted by Crippen LogP contribution is 2.14. The van der Waals surface area contributed by atoms with Gasteiger partial charge in [-0.15, -0.1) is 0 Å². The molecule has 0 heterocycles. The van der Waals surface area contributed by atoms with Crippen molar-refractivity contribution in [3.63, 3.8) is 0 Å². The van der Waals surface area contributed by atoms with Crippen LogP contribution in [0.3, 0.4) is 0 Å². The highest BCUT2D eigenvalue weighted by Gasteiger charge is 2.01. The van der Waals surface area contributed by atoms with E-state index in [4.69, 9.17) is 12.2 Å². The van der Waals surface area contributed by atoms with Crippen LogP contribution in [-0.2, 0) is 5.75 Å². The van der Waals surface area contributed by atoms with Crippen molar-refractivity contribution in [1.29, 1.82) is 0 Å². The van der Waals surface area contributed by atoms with E-state index >= 15 is 0 Å². The predicted molar refractivity (Wildman–Crippen MR) is 93.2 cm³/mol. The van der Waals surface area contributed by atoms with Gasteiger partial charge in [0.25, 0.3) is 0 Å². The molecule has 0 unspecified atom stereocenters. The van der Waals surface area contributed by atoms with E-state index < -0.39 is 0 Å². The fraction of sp³-hybridized carbons (Fsp3) is 0.188. The van der Waals surface area contributed by atoms with E-state index in [1.165, 1.54) is 18.2 Å². The molecule has 0 aliphatic carbocycles. The molecule has 6 heteroatoms. The molecule has 22 heavy (non-hydrogen) atoms. The summed E-state index contributed by atoms with van der Waals surface area (Å²) in [6.45, 7) is 0.653. The fourth-order valence-electron chi connectivity index (χ4n) is 1.78. The molecule has 0 aliphatic heterocycles. The number of thiocarbonyl (C=S) groups is 1. The number of halogens is 2. The molecule has 2 rings (SSSR count). The number of benzene rings is 2. The third-order valence-corrected chi connectivity index (χ3v) is 4.08. The standard InChI is InChI=1S/C16H16F2N2S2/c17-13-5-3-6-14(10-13)20-16(21)19-8-9-22-11-12-4-1-2-7-15(12)18/h1-7,10H,8-9,11H2,(H2,19,20,21). The Labute approximate surface area is 138 Å². The maximum Gasteiger partial charge on any atom is 0.170 e. The van der Waals surface area contributed by atoms with Crippen LogP contribution in [0.4, 0.5) is 14.5 Å². The molecular weight excluding hydrogens is 322 g/mol. The molecule has 0 amide bonds. The zero-order valence-corrected chi connectivity index (χ0v) is 13.4. The molecule has 0 radical (unpaired) electrons. The van der Waals surface area contributed by atoms with E-state index in [0.29, 0.717) is 28.7 Å². The first-order chi connectivity index (χ1) is 10.6. The summed E-state index contributed by atoms with van der Waals surface area (Å²) >= 11 is 6.75. The third-order valence-electron chi connectivity index (χ3n) is 2.83. The van der Waals surface area contributed by atoms with E-state index in [9.17, 15) is 8.78 Å². The van der Waals surface area contributed by atoms with Crippen LogP contribution in [0, 0.1) is 11.6 Å². The van der Waals surface area contributed by atoms with Gasteiger partial charge in [-0.3, -0.25) is 0 Å². The summed E-state index contributed by atoms with van der Waals surface area (Å²) in [6, 6.07) is 12.9. The van der Waals surface area contributed by atoms with Crippen molar-refractivity contribution >= 4 is 34.8 Å². The van der Waals surface area contributed by atoms with Crippen molar-refractivity contribution in [2.45, 2.75) is 5.75 Å². The average Bonchev–Trinajstić information content (AvgIpc) is 2.48. The van der Waals surface area contributed by atoms with Crippen LogP contribution in [0.15, 0.2) is 48.5 Å². The minimum atomic E-state index is -0.312. The topological polar surface area (TPSA) is 24.1 Å². The van der Waals surface area contributed by atoms with Crippen molar-refractivity contribution in [3.05, 3.63) is 65.7 Å². The second kappa shape index (κ2) is 8.70. The zero-order valence-electron chi connectivity index (χ0n) is 11.8. The molecule has 2 aromatic carbocycles. The van der Waals surface area contributed by atoms with Gasteiger partial charge >= 0.3 is 0 Å². The lowest BCUT2D eigenvalue weighted by Gasteiger charge is -2.10. The highest BCUT2D eigenvalue weighted by molar-refractivity contribution is 7.98. The lowest BCUT2D eigenvalue weighted by atomic mass is 10.2. The number of rotatable bonds is 6. The predicted octanol–water partition coefficient (Wildman–Crippen LogP) is 4.18. The molecule has 116 valence electrons. The van der Waals surface area contributed by atoms with Crippen molar-refractivity contribution < 1.29 is 8.78 Å². The van der Waals surface area contributed by atoms with Gasteiger partial charge in [-0.25, -0.2) is 8.78 Å². The number of thioether (sulfide) groups is 1. The summed E-state index contributed by atoms with van der Waals surface area (Å²) in [5.74, 6) is 0.928. The molecule has 0 fully saturated rings. The molecular formula is C16H16F2N2S2. The van der Waals surface area contributed by atoms with Crippen molar-refractivity contribution in [2.24, 2.45) is 0 Å². The Hall–Kier alpha value is -1.66. The first kappa shape index (κ1) is 16.7. The van der Waals surface area contributed by atoms with E-state index in [-0.39, 0.29) is 11.6 Å². The monoisotopic (exact) mass is 338 g/mol. The quantitative estimate of drug-likeness (QED) is 0.609. The van der Waals surface area contributed by atoms with Gasteiger partial charge in [0.15, 0.2) is 5.11 Å². The van der Waals surface area contributed by atoms with Crippen molar-refractivity contribution in [2.75, 3.05) is 17.6 Å². The maximum absolute atomic E-state index is 13.4. The van der Waals surface area contributed by atoms with Gasteiger partial charge in [0, 0.05) is 23.7 Å². The molecule has 2 N–H and O–H groups in total. The summed E-state index contributed by atoms with van der Waals surface area (Å²) in [4.78, 5) is 0. The minimum Gasteiger partial charge on any atom is -0.362 e. The van der Waals surface area contributed by atoms with Crippen LogP contribution in [-0.4, -0.2) is 17.4 Å². The summed E-state index contributed by atoms with van der Waals surface area (Å²) < 4.78 is 26.4. The van der Waals surface area contributed by atoms with Gasteiger partial charge in [-0.1, -0.05) is 24.3 Å². The molecule has 2 aromatic rings. The zero-order chi connectivity index (χ0) is 15.8. The SMILES string of the molecule is Fc1cccc(NC(=S)NCCSCc2ccccc2F)c1. The Morgan fingerprint density at radius 3 is 2.68 bits per heavy atom. The summed E-state index contributed by atoms with van der Waals surface area (Å²) in [5, 5.41) is 6.39. The van der Waals surface area contributed by atoms with E-state index in [1.807, 2.05) is 6.07 Å². The van der Waals surface area contributed by atoms with Gasteiger partial charge in [0.05, 0.1) is 0 Å². The van der Waals surface area contributed by atoms with E-state index in [2.05, 4.69) is 10.6 Å². The number of hydrogen-bond acceptors (Lipinski definition) is 2. The lowest BCUT2D eigenvalue weighted by Crippen LogP contribution is -2.30. The van der Waals surface area contributed by atoms with Crippen molar-refractivity contribution in [3.8, 4) is 0 Å². The Bertz CT molecular complexity index is 635. The maximum atomic E-state index is 13.4. The van der Waals surface area contributed by atoms with Crippen LogP contribution < -0.4 is 10.6 Å². The Morgan fingerprint density at radius 2 is 1.91 bits per heavy atom. The Morgan fingerprint density at radius 1 is 1.09 bits per heavy atom. The minimum absolute atomic E-state index is 0.175. The summed E-state index contributed by atoms with van der Waals surface area (Å²) in [5.41, 5.74) is 1.31. The molecule has 0 spiro atoms. The average molecular weight is 338 g/mol. The second-order valence-electron chi connectivity index (χ2n) is 4.54. The number of nitrogens with one attached hydrogen (secondary N) is 2. The van der Waals surface area contributed by atoms with Crippen molar-refractivity contribution in [1.82, 2.24) is 5.32 Å². The van der Waals surface area contributed by atoms with Crippen LogP contribution in [0.25, 0.3) is 0 Å². The second-order valence-corrected chi connectivity index (χ2v) is 6.05. The van der Waals surface area contributed by atoms with Crippen LogP contribution >= 0.6 is 24.0 Å². The molecule has 0 saturated carbocycles. The Kier molecular flexibility index (Phi) is 6.61. The third kappa shape index (κ3) is 5.61. The van der Waals surface area contributed by atoms with Crippen LogP contribution in [0.1, 0.15) is 5.56 Å². The number of anilines is 1. The van der Waals surface area contributed by atoms with Gasteiger partial charge in [-0.05, 0) is 42.0 Å². The molecule has 0 saturated heterocycles. The van der Waals surface area contributed by atoms with Crippen LogP contribution in [0.5, 0.6) is 0 Å². The normalized spacial score (nSPS) is 10.3. The fourth-order valence-corrected chi connectivity index (χ4v) is 2.84. The van der Waals surface area contributed by atoms with Gasteiger partial charge in [0.2, 0.25) is 0 Å². The largest absolute Gasteiger partial charge is 0.362 e. The molecule has 2 nitrogen and oxygen atoms in total. The summed E-state index contributed by atoms with van der Waals surface area (Å²) in [7, 11) is 0. The smallest absolute Gasteiger partial charge is 0.170 e. The Balaban J connectivity index is 1.64. The van der Waals surface area contributed by atoms with Gasteiger partial charge < -0.3 is 10.6 Å². The van der Waals surface area contributed by atoms with E-state index in [0.717, 1.165) is 5.75 Å².